The van der Waals surface area contributed by atoms with Gasteiger partial charge in [-0.05, 0) is 25.0 Å². The molecule has 8 nitrogen and oxygen atoms in total. The molecule has 0 aliphatic carbocycles. The van der Waals surface area contributed by atoms with Crippen LogP contribution < -0.4 is 16.0 Å². The first-order valence-electron chi connectivity index (χ1n) is 6.67. The Morgan fingerprint density at radius 2 is 2.33 bits per heavy atom. The normalized spacial score (nSPS) is 19.2. The van der Waals surface area contributed by atoms with Crippen LogP contribution in [-0.4, -0.2) is 37.1 Å². The topological polar surface area (TPSA) is 111 Å². The van der Waals surface area contributed by atoms with E-state index in [1.807, 2.05) is 0 Å². The van der Waals surface area contributed by atoms with Crippen LogP contribution in [0.25, 0.3) is 5.65 Å². The van der Waals surface area contributed by atoms with E-state index >= 15 is 0 Å². The summed E-state index contributed by atoms with van der Waals surface area (Å²) in [5.74, 6) is 5.50. The third-order valence-corrected chi connectivity index (χ3v) is 4.85. The van der Waals surface area contributed by atoms with Crippen LogP contribution in [0.5, 0.6) is 0 Å². The lowest BCUT2D eigenvalue weighted by molar-refractivity contribution is 0.114. The quantitative estimate of drug-likeness (QED) is 0.532. The van der Waals surface area contributed by atoms with Crippen LogP contribution in [0.4, 0.5) is 5.82 Å². The van der Waals surface area contributed by atoms with Crippen molar-refractivity contribution >= 4 is 21.5 Å². The number of hydrazine groups is 1. The van der Waals surface area contributed by atoms with Gasteiger partial charge in [-0.3, -0.25) is 4.40 Å². The maximum absolute atomic E-state index is 12.5. The second-order valence-electron chi connectivity index (χ2n) is 4.83. The molecule has 1 atom stereocenters. The van der Waals surface area contributed by atoms with E-state index in [1.165, 1.54) is 4.40 Å². The van der Waals surface area contributed by atoms with Gasteiger partial charge in [-0.2, -0.15) is 0 Å². The van der Waals surface area contributed by atoms with Crippen molar-refractivity contribution in [3.63, 3.8) is 0 Å². The van der Waals surface area contributed by atoms with Gasteiger partial charge in [0.1, 0.15) is 5.65 Å². The number of nitrogens with one attached hydrogen (secondary N) is 2. The third-order valence-electron chi connectivity index (χ3n) is 3.40. The van der Waals surface area contributed by atoms with Gasteiger partial charge in [-0.25, -0.2) is 24.0 Å². The summed E-state index contributed by atoms with van der Waals surface area (Å²) in [4.78, 5) is 4.15. The molecule has 3 rings (SSSR count). The molecule has 0 bridgehead atoms. The number of fused-ring (bicyclic) bond motifs is 1. The van der Waals surface area contributed by atoms with E-state index in [1.54, 1.807) is 24.4 Å². The Kier molecular flexibility index (Phi) is 3.81. The zero-order valence-corrected chi connectivity index (χ0v) is 12.1. The van der Waals surface area contributed by atoms with Gasteiger partial charge in [0, 0.05) is 19.3 Å². The Balaban J connectivity index is 1.93. The summed E-state index contributed by atoms with van der Waals surface area (Å²) in [7, 11) is -3.75. The molecule has 9 heteroatoms. The molecular weight excluding hydrogens is 294 g/mol. The van der Waals surface area contributed by atoms with Gasteiger partial charge in [-0.15, -0.1) is 0 Å². The van der Waals surface area contributed by atoms with Crippen LogP contribution in [0, 0.1) is 0 Å². The summed E-state index contributed by atoms with van der Waals surface area (Å²) in [6.07, 6.45) is 3.37. The SMILES string of the molecule is NNc1nc2ccccn2c1S(=O)(=O)NCC1CCCO1. The molecule has 0 aromatic carbocycles. The Hall–Kier alpha value is -1.68. The Labute approximate surface area is 122 Å². The summed E-state index contributed by atoms with van der Waals surface area (Å²) in [5, 5.41) is -0.00130. The van der Waals surface area contributed by atoms with E-state index in [0.717, 1.165) is 12.8 Å². The standard InChI is InChI=1S/C12H17N5O3S/c13-16-11-12(17-6-2-1-5-10(17)15-11)21(18,19)14-8-9-4-3-7-20-9/h1-2,5-6,9,14,16H,3-4,7-8,13H2. The largest absolute Gasteiger partial charge is 0.377 e. The number of sulfonamides is 1. The predicted molar refractivity (Wildman–Crippen MR) is 77.2 cm³/mol. The van der Waals surface area contributed by atoms with Gasteiger partial charge in [0.15, 0.2) is 10.8 Å². The number of anilines is 1. The van der Waals surface area contributed by atoms with Gasteiger partial charge < -0.3 is 10.2 Å². The molecule has 4 N–H and O–H groups in total. The van der Waals surface area contributed by atoms with Crippen molar-refractivity contribution < 1.29 is 13.2 Å². The Morgan fingerprint density at radius 3 is 3.05 bits per heavy atom. The average Bonchev–Trinajstić information content (AvgIpc) is 3.12. The second-order valence-corrected chi connectivity index (χ2v) is 6.51. The van der Waals surface area contributed by atoms with E-state index in [4.69, 9.17) is 10.6 Å². The Morgan fingerprint density at radius 1 is 1.48 bits per heavy atom. The van der Waals surface area contributed by atoms with Gasteiger partial charge >= 0.3 is 0 Å². The van der Waals surface area contributed by atoms with Gasteiger partial charge in [-0.1, -0.05) is 6.07 Å². The molecule has 3 heterocycles. The molecule has 21 heavy (non-hydrogen) atoms. The molecule has 1 unspecified atom stereocenters. The molecule has 2 aromatic rings. The van der Waals surface area contributed by atoms with Gasteiger partial charge in [0.25, 0.3) is 10.0 Å². The number of nitrogens with two attached hydrogens (primary N) is 1. The second kappa shape index (κ2) is 5.60. The molecule has 114 valence electrons. The van der Waals surface area contributed by atoms with E-state index in [-0.39, 0.29) is 23.5 Å². The number of nitrogens with zero attached hydrogens (tertiary/aromatic N) is 2. The van der Waals surface area contributed by atoms with Crippen LogP contribution in [0.3, 0.4) is 0 Å². The summed E-state index contributed by atoms with van der Waals surface area (Å²) < 4.78 is 34.5. The van der Waals surface area contributed by atoms with E-state index in [0.29, 0.717) is 12.3 Å². The number of pyridine rings is 1. The van der Waals surface area contributed by atoms with Crippen molar-refractivity contribution in [1.29, 1.82) is 0 Å². The highest BCUT2D eigenvalue weighted by Crippen LogP contribution is 2.22. The fraction of sp³-hybridized carbons (Fsp3) is 0.417. The van der Waals surface area contributed by atoms with Crippen molar-refractivity contribution in [2.24, 2.45) is 5.84 Å². The molecule has 2 aromatic heterocycles. The lowest BCUT2D eigenvalue weighted by Gasteiger charge is -2.12. The average molecular weight is 311 g/mol. The van der Waals surface area contributed by atoms with Crippen molar-refractivity contribution in [1.82, 2.24) is 14.1 Å². The number of rotatable bonds is 5. The summed E-state index contributed by atoms with van der Waals surface area (Å²) in [6.45, 7) is 0.921. The fourth-order valence-electron chi connectivity index (χ4n) is 2.40. The van der Waals surface area contributed by atoms with Crippen LogP contribution in [0.15, 0.2) is 29.4 Å². The summed E-state index contributed by atoms with van der Waals surface area (Å²) in [6, 6.07) is 5.22. The van der Waals surface area contributed by atoms with Crippen molar-refractivity contribution in [3.05, 3.63) is 24.4 Å². The van der Waals surface area contributed by atoms with Crippen LogP contribution in [0.2, 0.25) is 0 Å². The molecule has 0 amide bonds. The maximum atomic E-state index is 12.5. The first kappa shape index (κ1) is 14.3. The van der Waals surface area contributed by atoms with Crippen LogP contribution >= 0.6 is 0 Å². The number of nitrogen functional groups attached to an aromatic ring is 1. The molecule has 0 saturated carbocycles. The molecule has 1 aliphatic heterocycles. The van der Waals surface area contributed by atoms with E-state index in [9.17, 15) is 8.42 Å². The molecule has 1 saturated heterocycles. The van der Waals surface area contributed by atoms with Gasteiger partial charge in [0.2, 0.25) is 0 Å². The molecular formula is C12H17N5O3S. The zero-order chi connectivity index (χ0) is 14.9. The molecule has 1 fully saturated rings. The van der Waals surface area contributed by atoms with Gasteiger partial charge in [0.05, 0.1) is 6.10 Å². The molecule has 0 spiro atoms. The fourth-order valence-corrected chi connectivity index (χ4v) is 3.71. The lowest BCUT2D eigenvalue weighted by atomic mass is 10.2. The predicted octanol–water partition coefficient (Wildman–Crippen LogP) is 0.0772. The highest BCUT2D eigenvalue weighted by Gasteiger charge is 2.26. The van der Waals surface area contributed by atoms with E-state index < -0.39 is 10.0 Å². The van der Waals surface area contributed by atoms with E-state index in [2.05, 4.69) is 15.1 Å². The molecule has 1 aliphatic rings. The minimum Gasteiger partial charge on any atom is -0.377 e. The highest BCUT2D eigenvalue weighted by molar-refractivity contribution is 7.89. The maximum Gasteiger partial charge on any atom is 0.260 e. The Bertz CT molecular complexity index is 736. The highest BCUT2D eigenvalue weighted by atomic mass is 32.2. The van der Waals surface area contributed by atoms with Crippen molar-refractivity contribution in [3.8, 4) is 0 Å². The minimum atomic E-state index is -3.75. The van der Waals surface area contributed by atoms with Crippen molar-refractivity contribution in [2.45, 2.75) is 24.0 Å². The number of hydrogen-bond donors (Lipinski definition) is 3. The number of aromatic nitrogens is 2. The number of hydrogen-bond acceptors (Lipinski definition) is 6. The summed E-state index contributed by atoms with van der Waals surface area (Å²) in [5.41, 5.74) is 2.84. The summed E-state index contributed by atoms with van der Waals surface area (Å²) >= 11 is 0. The lowest BCUT2D eigenvalue weighted by Crippen LogP contribution is -2.33. The van der Waals surface area contributed by atoms with Crippen LogP contribution in [0.1, 0.15) is 12.8 Å². The zero-order valence-electron chi connectivity index (χ0n) is 11.3. The first-order chi connectivity index (χ1) is 10.1. The minimum absolute atomic E-state index is 0.00130. The monoisotopic (exact) mass is 311 g/mol. The molecule has 0 radical (unpaired) electrons. The smallest absolute Gasteiger partial charge is 0.260 e. The number of imidazole rings is 1. The third kappa shape index (κ3) is 2.72. The van der Waals surface area contributed by atoms with Crippen molar-refractivity contribution in [2.75, 3.05) is 18.6 Å². The first-order valence-corrected chi connectivity index (χ1v) is 8.15. The van der Waals surface area contributed by atoms with Crippen LogP contribution in [-0.2, 0) is 14.8 Å². The number of ether oxygens (including phenoxy) is 1.